The van der Waals surface area contributed by atoms with Gasteiger partial charge in [-0.2, -0.15) is 0 Å². The largest absolute Gasteiger partial charge is 0.489 e. The molecule has 2 rings (SSSR count). The minimum atomic E-state index is 0.466. The van der Waals surface area contributed by atoms with E-state index in [4.69, 9.17) is 10.5 Å². The molecule has 3 heteroatoms. The van der Waals surface area contributed by atoms with Crippen LogP contribution in [0, 0.1) is 6.92 Å². The van der Waals surface area contributed by atoms with Gasteiger partial charge in [0.1, 0.15) is 12.4 Å². The van der Waals surface area contributed by atoms with E-state index in [0.717, 1.165) is 21.5 Å². The fourth-order valence-corrected chi connectivity index (χ4v) is 2.76. The maximum Gasteiger partial charge on any atom is 0.120 e. The van der Waals surface area contributed by atoms with Crippen molar-refractivity contribution in [1.29, 1.82) is 0 Å². The van der Waals surface area contributed by atoms with Crippen LogP contribution < -0.4 is 10.5 Å². The molecular formula is C17H20BrNO. The van der Waals surface area contributed by atoms with Gasteiger partial charge in [-0.05, 0) is 48.2 Å². The number of hydrogen-bond acceptors (Lipinski definition) is 2. The summed E-state index contributed by atoms with van der Waals surface area (Å²) < 4.78 is 6.84. The average molecular weight is 334 g/mol. The lowest BCUT2D eigenvalue weighted by Gasteiger charge is -2.14. The van der Waals surface area contributed by atoms with Crippen molar-refractivity contribution < 1.29 is 4.74 Å². The minimum Gasteiger partial charge on any atom is -0.489 e. The van der Waals surface area contributed by atoms with Gasteiger partial charge in [-0.3, -0.25) is 0 Å². The van der Waals surface area contributed by atoms with E-state index in [1.54, 1.807) is 0 Å². The van der Waals surface area contributed by atoms with E-state index in [2.05, 4.69) is 48.8 Å². The van der Waals surface area contributed by atoms with Crippen LogP contribution in [-0.4, -0.2) is 0 Å². The van der Waals surface area contributed by atoms with Crippen LogP contribution in [0.5, 0.6) is 5.75 Å². The molecule has 2 nitrogen and oxygen atoms in total. The van der Waals surface area contributed by atoms with Crippen molar-refractivity contribution in [3.8, 4) is 5.75 Å². The second-order valence-corrected chi connectivity index (χ2v) is 6.12. The van der Waals surface area contributed by atoms with Crippen LogP contribution in [-0.2, 0) is 6.61 Å². The van der Waals surface area contributed by atoms with Gasteiger partial charge < -0.3 is 10.5 Å². The third kappa shape index (κ3) is 3.34. The van der Waals surface area contributed by atoms with Gasteiger partial charge in [-0.15, -0.1) is 0 Å². The fraction of sp³-hybridized carbons (Fsp3) is 0.294. The first kappa shape index (κ1) is 14.9. The highest BCUT2D eigenvalue weighted by molar-refractivity contribution is 9.10. The first-order chi connectivity index (χ1) is 9.49. The van der Waals surface area contributed by atoms with E-state index in [-0.39, 0.29) is 0 Å². The highest BCUT2D eigenvalue weighted by Crippen LogP contribution is 2.27. The summed E-state index contributed by atoms with van der Waals surface area (Å²) in [4.78, 5) is 0. The Morgan fingerprint density at radius 3 is 2.55 bits per heavy atom. The molecular weight excluding hydrogens is 314 g/mol. The quantitative estimate of drug-likeness (QED) is 0.795. The van der Waals surface area contributed by atoms with Gasteiger partial charge in [0, 0.05) is 15.7 Å². The topological polar surface area (TPSA) is 35.2 Å². The van der Waals surface area contributed by atoms with Crippen LogP contribution in [0.25, 0.3) is 0 Å². The molecule has 2 N–H and O–H groups in total. The number of ether oxygens (including phenoxy) is 1. The maximum absolute atomic E-state index is 5.97. The van der Waals surface area contributed by atoms with Crippen molar-refractivity contribution in [2.24, 2.45) is 0 Å². The van der Waals surface area contributed by atoms with E-state index in [1.165, 1.54) is 11.1 Å². The molecule has 106 valence electrons. The Balaban J connectivity index is 2.14. The number of anilines is 1. The Labute approximate surface area is 129 Å². The summed E-state index contributed by atoms with van der Waals surface area (Å²) >= 11 is 3.51. The molecule has 0 fully saturated rings. The summed E-state index contributed by atoms with van der Waals surface area (Å²) in [5, 5.41) is 0. The van der Waals surface area contributed by atoms with Crippen molar-refractivity contribution in [3.05, 3.63) is 57.6 Å². The molecule has 0 spiro atoms. The minimum absolute atomic E-state index is 0.466. The Morgan fingerprint density at radius 1 is 1.20 bits per heavy atom. The molecule has 0 unspecified atom stereocenters. The molecule has 0 saturated heterocycles. The molecule has 0 bridgehead atoms. The SMILES string of the molecule is Cc1cc(OCc2c(N)cccc2Br)ccc1C(C)C. The van der Waals surface area contributed by atoms with Crippen molar-refractivity contribution in [1.82, 2.24) is 0 Å². The number of hydrogen-bond donors (Lipinski definition) is 1. The number of halogens is 1. The lowest BCUT2D eigenvalue weighted by molar-refractivity contribution is 0.306. The summed E-state index contributed by atoms with van der Waals surface area (Å²) in [5.41, 5.74) is 10.3. The maximum atomic E-state index is 5.97. The number of nitrogens with two attached hydrogens (primary N) is 1. The highest BCUT2D eigenvalue weighted by atomic mass is 79.9. The third-order valence-corrected chi connectivity index (χ3v) is 4.14. The lowest BCUT2D eigenvalue weighted by Crippen LogP contribution is -2.02. The molecule has 0 aromatic heterocycles. The van der Waals surface area contributed by atoms with Crippen LogP contribution in [0.15, 0.2) is 40.9 Å². The predicted octanol–water partition coefficient (Wildman–Crippen LogP) is 5.04. The predicted molar refractivity (Wildman–Crippen MR) is 88.2 cm³/mol. The van der Waals surface area contributed by atoms with Crippen LogP contribution in [0.2, 0.25) is 0 Å². The van der Waals surface area contributed by atoms with Crippen molar-refractivity contribution in [2.45, 2.75) is 33.3 Å². The van der Waals surface area contributed by atoms with E-state index >= 15 is 0 Å². The smallest absolute Gasteiger partial charge is 0.120 e. The second kappa shape index (κ2) is 6.31. The highest BCUT2D eigenvalue weighted by Gasteiger charge is 2.07. The van der Waals surface area contributed by atoms with Gasteiger partial charge in [0.05, 0.1) is 0 Å². The van der Waals surface area contributed by atoms with E-state index < -0.39 is 0 Å². The first-order valence-electron chi connectivity index (χ1n) is 6.75. The Morgan fingerprint density at radius 2 is 1.95 bits per heavy atom. The summed E-state index contributed by atoms with van der Waals surface area (Å²) in [6, 6.07) is 12.0. The van der Waals surface area contributed by atoms with Crippen molar-refractivity contribution >= 4 is 21.6 Å². The van der Waals surface area contributed by atoms with Gasteiger partial charge in [-0.25, -0.2) is 0 Å². The van der Waals surface area contributed by atoms with Gasteiger partial charge >= 0.3 is 0 Å². The molecule has 0 amide bonds. The Kier molecular flexibility index (Phi) is 4.71. The van der Waals surface area contributed by atoms with E-state index in [1.807, 2.05) is 24.3 Å². The Hall–Kier alpha value is -1.48. The summed E-state index contributed by atoms with van der Waals surface area (Å²) in [7, 11) is 0. The van der Waals surface area contributed by atoms with E-state index in [9.17, 15) is 0 Å². The zero-order chi connectivity index (χ0) is 14.7. The standard InChI is InChI=1S/C17H20BrNO/c1-11(2)14-8-7-13(9-12(14)3)20-10-15-16(18)5-4-6-17(15)19/h4-9,11H,10,19H2,1-3H3. The zero-order valence-corrected chi connectivity index (χ0v) is 13.7. The normalized spacial score (nSPS) is 10.8. The monoisotopic (exact) mass is 333 g/mol. The lowest BCUT2D eigenvalue weighted by atomic mass is 9.98. The van der Waals surface area contributed by atoms with Gasteiger partial charge in [-0.1, -0.05) is 41.9 Å². The average Bonchev–Trinajstić information content (AvgIpc) is 2.37. The van der Waals surface area contributed by atoms with Crippen molar-refractivity contribution in [2.75, 3.05) is 5.73 Å². The van der Waals surface area contributed by atoms with Gasteiger partial charge in [0.2, 0.25) is 0 Å². The molecule has 0 heterocycles. The molecule has 20 heavy (non-hydrogen) atoms. The number of benzene rings is 2. The molecule has 0 radical (unpaired) electrons. The molecule has 0 aliphatic carbocycles. The molecule has 0 saturated carbocycles. The van der Waals surface area contributed by atoms with Crippen LogP contribution in [0.1, 0.15) is 36.5 Å². The van der Waals surface area contributed by atoms with Crippen LogP contribution >= 0.6 is 15.9 Å². The molecule has 2 aromatic carbocycles. The van der Waals surface area contributed by atoms with Crippen LogP contribution in [0.4, 0.5) is 5.69 Å². The fourth-order valence-electron chi connectivity index (χ4n) is 2.27. The summed E-state index contributed by atoms with van der Waals surface area (Å²) in [5.74, 6) is 1.41. The summed E-state index contributed by atoms with van der Waals surface area (Å²) in [6.45, 7) is 6.98. The Bertz CT molecular complexity index is 588. The van der Waals surface area contributed by atoms with E-state index in [0.29, 0.717) is 12.5 Å². The summed E-state index contributed by atoms with van der Waals surface area (Å²) in [6.07, 6.45) is 0. The molecule has 0 aliphatic heterocycles. The van der Waals surface area contributed by atoms with Crippen molar-refractivity contribution in [3.63, 3.8) is 0 Å². The number of nitrogen functional groups attached to an aromatic ring is 1. The molecule has 0 atom stereocenters. The zero-order valence-electron chi connectivity index (χ0n) is 12.1. The molecule has 2 aromatic rings. The van der Waals surface area contributed by atoms with Crippen LogP contribution in [0.3, 0.4) is 0 Å². The second-order valence-electron chi connectivity index (χ2n) is 5.27. The number of rotatable bonds is 4. The third-order valence-electron chi connectivity index (χ3n) is 3.40. The van der Waals surface area contributed by atoms with Gasteiger partial charge in [0.15, 0.2) is 0 Å². The molecule has 0 aliphatic rings. The first-order valence-corrected chi connectivity index (χ1v) is 7.54. The number of aryl methyl sites for hydroxylation is 1. The van der Waals surface area contributed by atoms with Gasteiger partial charge in [0.25, 0.3) is 0 Å².